The quantitative estimate of drug-likeness (QED) is 0.338. The van der Waals surface area contributed by atoms with Crippen LogP contribution in [0, 0.1) is 5.92 Å². The molecule has 5 heteroatoms. The van der Waals surface area contributed by atoms with E-state index in [1.807, 2.05) is 36.4 Å². The third-order valence-electron chi connectivity index (χ3n) is 6.99. The highest BCUT2D eigenvalue weighted by atomic mass is 16.5. The van der Waals surface area contributed by atoms with Crippen LogP contribution in [0.25, 0.3) is 0 Å². The van der Waals surface area contributed by atoms with Crippen molar-refractivity contribution in [2.45, 2.75) is 38.9 Å². The number of hydrogen-bond donors (Lipinski definition) is 0. The fourth-order valence-corrected chi connectivity index (χ4v) is 5.01. The number of fused-ring (bicyclic) bond motifs is 2. The van der Waals surface area contributed by atoms with Crippen molar-refractivity contribution in [3.8, 4) is 0 Å². The molecule has 0 aliphatic carbocycles. The molecule has 1 atom stereocenters. The molecule has 1 aliphatic heterocycles. The summed E-state index contributed by atoms with van der Waals surface area (Å²) < 4.78 is 5.08. The number of nitrogens with zero attached hydrogens (tertiary/aromatic N) is 2. The van der Waals surface area contributed by atoms with Crippen LogP contribution in [0.3, 0.4) is 0 Å². The molecule has 0 saturated heterocycles. The second-order valence-corrected chi connectivity index (χ2v) is 10.1. The number of ketones is 1. The number of carbonyl (C=O) groups is 2. The van der Waals surface area contributed by atoms with E-state index in [0.29, 0.717) is 19.4 Å². The van der Waals surface area contributed by atoms with E-state index in [2.05, 4.69) is 70.5 Å². The maximum atomic E-state index is 13.0. The van der Waals surface area contributed by atoms with Crippen molar-refractivity contribution < 1.29 is 14.3 Å². The summed E-state index contributed by atoms with van der Waals surface area (Å²) in [4.78, 5) is 30.3. The first-order valence-corrected chi connectivity index (χ1v) is 13.4. The van der Waals surface area contributed by atoms with Crippen molar-refractivity contribution in [1.29, 1.82) is 0 Å². The first-order chi connectivity index (χ1) is 18.6. The molecule has 4 rings (SSSR count). The normalized spacial score (nSPS) is 19.1. The average Bonchev–Trinajstić information content (AvgIpc) is 2.94. The third-order valence-corrected chi connectivity index (χ3v) is 6.99. The summed E-state index contributed by atoms with van der Waals surface area (Å²) in [5, 5.41) is 0. The maximum absolute atomic E-state index is 13.0. The second-order valence-electron chi connectivity index (χ2n) is 10.1. The van der Waals surface area contributed by atoms with Gasteiger partial charge in [0.1, 0.15) is 5.78 Å². The molecule has 1 unspecified atom stereocenters. The highest BCUT2D eigenvalue weighted by molar-refractivity contribution is 5.84. The van der Waals surface area contributed by atoms with E-state index in [1.54, 1.807) is 0 Å². The molecule has 1 heterocycles. The van der Waals surface area contributed by atoms with Crippen LogP contribution in [0.1, 0.15) is 35.1 Å². The van der Waals surface area contributed by atoms with Gasteiger partial charge in [-0.2, -0.15) is 0 Å². The highest BCUT2D eigenvalue weighted by Gasteiger charge is 2.24. The first-order valence-electron chi connectivity index (χ1n) is 13.4. The predicted molar refractivity (Wildman–Crippen MR) is 151 cm³/mol. The van der Waals surface area contributed by atoms with E-state index < -0.39 is 5.92 Å². The Kier molecular flexibility index (Phi) is 10.4. The van der Waals surface area contributed by atoms with E-state index in [9.17, 15) is 9.59 Å². The zero-order valence-corrected chi connectivity index (χ0v) is 22.3. The van der Waals surface area contributed by atoms with Crippen LogP contribution in [0.4, 0.5) is 0 Å². The maximum Gasteiger partial charge on any atom is 0.309 e. The van der Waals surface area contributed by atoms with E-state index in [4.69, 9.17) is 4.74 Å². The van der Waals surface area contributed by atoms with Gasteiger partial charge in [0.15, 0.2) is 0 Å². The predicted octanol–water partition coefficient (Wildman–Crippen LogP) is 5.44. The van der Waals surface area contributed by atoms with Gasteiger partial charge in [0, 0.05) is 52.1 Å². The number of methoxy groups -OCH3 is 1. The summed E-state index contributed by atoms with van der Waals surface area (Å²) in [6, 6.07) is 29.3. The molecule has 0 aromatic heterocycles. The van der Waals surface area contributed by atoms with E-state index in [0.717, 1.165) is 38.3 Å². The topological polar surface area (TPSA) is 49.9 Å². The van der Waals surface area contributed by atoms with Crippen LogP contribution < -0.4 is 0 Å². The lowest BCUT2D eigenvalue weighted by Gasteiger charge is -2.24. The lowest BCUT2D eigenvalue weighted by Crippen LogP contribution is -2.29. The van der Waals surface area contributed by atoms with Crippen LogP contribution >= 0.6 is 0 Å². The Bertz CT molecular complexity index is 1190. The summed E-state index contributed by atoms with van der Waals surface area (Å²) >= 11 is 0. The number of benzene rings is 3. The molecule has 2 bridgehead atoms. The highest BCUT2D eigenvalue weighted by Crippen LogP contribution is 2.19. The van der Waals surface area contributed by atoms with Gasteiger partial charge in [-0.25, -0.2) is 0 Å². The molecule has 5 nitrogen and oxygen atoms in total. The van der Waals surface area contributed by atoms with Crippen molar-refractivity contribution in [3.63, 3.8) is 0 Å². The summed E-state index contributed by atoms with van der Waals surface area (Å²) in [5.74, 6) is -0.696. The molecule has 3 aromatic carbocycles. The molecule has 198 valence electrons. The van der Waals surface area contributed by atoms with Gasteiger partial charge in [-0.05, 0) is 28.7 Å². The number of carbonyl (C=O) groups excluding carboxylic acids is 2. The molecule has 0 N–H and O–H groups in total. The monoisotopic (exact) mass is 510 g/mol. The number of hydrogen-bond acceptors (Lipinski definition) is 5. The molecule has 3 aromatic rings. The number of esters is 1. The minimum absolute atomic E-state index is 0.0970. The fourth-order valence-electron chi connectivity index (χ4n) is 5.01. The molecule has 0 radical (unpaired) electrons. The summed E-state index contributed by atoms with van der Waals surface area (Å²) in [5.41, 5.74) is 4.75. The minimum atomic E-state index is -0.474. The van der Waals surface area contributed by atoms with Crippen LogP contribution in [0.15, 0.2) is 97.1 Å². The summed E-state index contributed by atoms with van der Waals surface area (Å²) in [6.07, 6.45) is 5.57. The van der Waals surface area contributed by atoms with E-state index in [-0.39, 0.29) is 18.2 Å². The molecule has 0 saturated carbocycles. The van der Waals surface area contributed by atoms with Crippen LogP contribution in [0.2, 0.25) is 0 Å². The van der Waals surface area contributed by atoms with E-state index >= 15 is 0 Å². The van der Waals surface area contributed by atoms with E-state index in [1.165, 1.54) is 23.8 Å². The SMILES string of the molecule is COC(=O)C1CC(=O)CCN(Cc2ccccc2)C/C=C/CN(Cc2ccccc2)Cc2cccc(c2)C1. The largest absolute Gasteiger partial charge is 0.469 e. The Morgan fingerprint density at radius 2 is 1.39 bits per heavy atom. The zero-order chi connectivity index (χ0) is 26.6. The first kappa shape index (κ1) is 27.5. The van der Waals surface area contributed by atoms with Crippen molar-refractivity contribution >= 4 is 11.8 Å². The lowest BCUT2D eigenvalue weighted by molar-refractivity contribution is -0.147. The van der Waals surface area contributed by atoms with Gasteiger partial charge in [-0.3, -0.25) is 19.4 Å². The van der Waals surface area contributed by atoms with Gasteiger partial charge in [0.2, 0.25) is 0 Å². The molecule has 0 amide bonds. The van der Waals surface area contributed by atoms with Crippen molar-refractivity contribution in [1.82, 2.24) is 9.80 Å². The van der Waals surface area contributed by atoms with Crippen LogP contribution in [0.5, 0.6) is 0 Å². The van der Waals surface area contributed by atoms with Gasteiger partial charge in [-0.15, -0.1) is 0 Å². The van der Waals surface area contributed by atoms with Crippen LogP contribution in [-0.2, 0) is 40.4 Å². The minimum Gasteiger partial charge on any atom is -0.469 e. The molecule has 0 spiro atoms. The third kappa shape index (κ3) is 8.79. The van der Waals surface area contributed by atoms with Gasteiger partial charge >= 0.3 is 5.97 Å². The summed E-state index contributed by atoms with van der Waals surface area (Å²) in [6.45, 7) is 4.65. The molecule has 38 heavy (non-hydrogen) atoms. The Morgan fingerprint density at radius 1 is 0.789 bits per heavy atom. The van der Waals surface area contributed by atoms with Crippen molar-refractivity contribution in [3.05, 3.63) is 119 Å². The van der Waals surface area contributed by atoms with Gasteiger partial charge < -0.3 is 4.74 Å². The summed E-state index contributed by atoms with van der Waals surface area (Å²) in [7, 11) is 1.40. The Balaban J connectivity index is 1.58. The van der Waals surface area contributed by atoms with Gasteiger partial charge in [0.25, 0.3) is 0 Å². The Labute approximate surface area is 226 Å². The fraction of sp³-hybridized carbons (Fsp3) is 0.333. The smallest absolute Gasteiger partial charge is 0.309 e. The van der Waals surface area contributed by atoms with Gasteiger partial charge in [0.05, 0.1) is 13.0 Å². The second kappa shape index (κ2) is 14.4. The standard InChI is InChI=1S/C33H38N2O3/c1-38-33(37)31-22-29-15-10-16-30(21-29)26-35(25-28-13-6-3-7-14-28)19-9-8-18-34(20-17-32(36)23-31)24-27-11-4-2-5-12-27/h2-16,21,31H,17-20,22-26H2,1H3/b9-8+. The molecular formula is C33H38N2O3. The molecular weight excluding hydrogens is 472 g/mol. The zero-order valence-electron chi connectivity index (χ0n) is 22.3. The number of Topliss-reactive ketones (excluding diaryl/α,β-unsaturated/α-hetero) is 1. The Hall–Kier alpha value is -3.54. The molecule has 0 fully saturated rings. The van der Waals surface area contributed by atoms with Gasteiger partial charge in [-0.1, -0.05) is 97.1 Å². The number of ether oxygens (including phenoxy) is 1. The molecule has 1 aliphatic rings. The van der Waals surface area contributed by atoms with Crippen molar-refractivity contribution in [2.75, 3.05) is 26.7 Å². The van der Waals surface area contributed by atoms with Crippen molar-refractivity contribution in [2.24, 2.45) is 5.92 Å². The lowest BCUT2D eigenvalue weighted by atomic mass is 9.92. The average molecular weight is 511 g/mol. The Morgan fingerprint density at radius 3 is 2.05 bits per heavy atom. The van der Waals surface area contributed by atoms with Crippen LogP contribution in [-0.4, -0.2) is 48.3 Å². The number of rotatable bonds is 5.